The van der Waals surface area contributed by atoms with Gasteiger partial charge < -0.3 is 0 Å². The molecule has 0 fully saturated rings. The third kappa shape index (κ3) is 117. The van der Waals surface area contributed by atoms with Crippen molar-refractivity contribution in [1.82, 2.24) is 0 Å². The third-order valence-electron chi connectivity index (χ3n) is 0. The second-order valence-electron chi connectivity index (χ2n) is 0.112. The zero-order chi connectivity index (χ0) is 4.71. The Kier molecular flexibility index (Phi) is 44.9. The van der Waals surface area contributed by atoms with Crippen LogP contribution in [0.4, 0.5) is 0 Å². The third-order valence-corrected chi connectivity index (χ3v) is 0. The molecule has 0 bridgehead atoms. The van der Waals surface area contributed by atoms with Crippen molar-refractivity contribution >= 4 is 17.6 Å². The zero-order valence-corrected chi connectivity index (χ0v) is 7.01. The van der Waals surface area contributed by atoms with Crippen LogP contribution in [0.15, 0.2) is 0 Å². The molecule has 0 rings (SSSR count). The van der Waals surface area contributed by atoms with E-state index in [4.69, 9.17) is 5.26 Å². The van der Waals surface area contributed by atoms with Gasteiger partial charge in [0.15, 0.2) is 0 Å². The van der Waals surface area contributed by atoms with Crippen molar-refractivity contribution in [1.29, 1.82) is 5.26 Å². The van der Waals surface area contributed by atoms with Gasteiger partial charge in [-0.15, -0.1) is 0 Å². The van der Waals surface area contributed by atoms with Crippen LogP contribution >= 0.6 is 0 Å². The van der Waals surface area contributed by atoms with Crippen LogP contribution in [0.1, 0.15) is 0 Å². The first-order valence-electron chi connectivity index (χ1n) is 1.47. The van der Waals surface area contributed by atoms with Gasteiger partial charge in [0.05, 0.1) is 7.44 Å². The van der Waals surface area contributed by atoms with E-state index in [-0.39, 0.29) is 0 Å². The van der Waals surface area contributed by atoms with E-state index in [9.17, 15) is 0 Å². The summed E-state index contributed by atoms with van der Waals surface area (Å²) in [7, 11) is 3.44. The molecule has 0 aromatic heterocycles. The van der Waals surface area contributed by atoms with Gasteiger partial charge in [-0.05, 0) is 10.1 Å². The van der Waals surface area contributed by atoms with Crippen LogP contribution < -0.4 is 0 Å². The van der Waals surface area contributed by atoms with E-state index >= 15 is 0 Å². The monoisotopic (exact) mass is 118 g/mol. The van der Waals surface area contributed by atoms with Crippen molar-refractivity contribution in [2.75, 3.05) is 0 Å². The molecular formula is CH5BNSiTi. The molecule has 0 aliphatic heterocycles. The van der Waals surface area contributed by atoms with Gasteiger partial charge >= 0.3 is 30.1 Å². The zero-order valence-electron chi connectivity index (χ0n) is 3.45. The van der Waals surface area contributed by atoms with Gasteiger partial charge in [-0.3, -0.25) is 0 Å². The van der Waals surface area contributed by atoms with Crippen LogP contribution in [0, 0.1) is 9.64 Å². The fourth-order valence-corrected chi connectivity index (χ4v) is 0. The summed E-state index contributed by atoms with van der Waals surface area (Å²) >= 11 is 1.43. The molecule has 0 saturated carbocycles. The van der Waals surface area contributed by atoms with Crippen LogP contribution in [0.2, 0.25) is 0 Å². The molecule has 0 saturated heterocycles. The molecule has 0 aromatic rings. The Labute approximate surface area is 47.9 Å². The van der Waals surface area contributed by atoms with E-state index in [0.717, 1.165) is 0 Å². The van der Waals surface area contributed by atoms with Crippen LogP contribution in [0.3, 0.4) is 0 Å². The molecule has 25 valence electrons. The van der Waals surface area contributed by atoms with Gasteiger partial charge in [-0.2, -0.15) is 0 Å². The average molecular weight is 118 g/mol. The molecule has 0 aromatic carbocycles. The Hall–Kier alpha value is 0.486. The van der Waals surface area contributed by atoms with Gasteiger partial charge in [0, 0.05) is 0 Å². The quantitative estimate of drug-likeness (QED) is 0.334. The fourth-order valence-electron chi connectivity index (χ4n) is 0. The van der Waals surface area contributed by atoms with Crippen LogP contribution in [0.25, 0.3) is 0 Å². The Balaban J connectivity index is 0. The molecular weight excluding hydrogens is 113 g/mol. The van der Waals surface area contributed by atoms with E-state index in [2.05, 4.69) is 7.44 Å². The number of hydrogen-bond acceptors (Lipinski definition) is 1. The first-order valence-corrected chi connectivity index (χ1v) is 4.25. The second kappa shape index (κ2) is 24.7. The molecule has 1 nitrogen and oxygen atoms in total. The molecule has 0 N–H and O–H groups in total. The summed E-state index contributed by atoms with van der Waals surface area (Å²) in [4.78, 5) is 0. The van der Waals surface area contributed by atoms with Gasteiger partial charge in [0.1, 0.15) is 0 Å². The summed E-state index contributed by atoms with van der Waals surface area (Å²) < 4.78 is 1.75. The average Bonchev–Trinajstić information content (AvgIpc) is 1.46. The number of nitriles is 1. The Bertz CT molecular complexity index is 33.1. The molecule has 0 heterocycles. The standard InChI is InChI=1S/CN.BH5Si.Ti/c2*1-2;/h;1H2,2H3;. The molecule has 0 aliphatic rings. The molecule has 0 radical (unpaired) electrons. The Morgan fingerprint density at radius 1 is 1.80 bits per heavy atom. The summed E-state index contributed by atoms with van der Waals surface area (Å²) in [5.74, 6) is 0. The van der Waals surface area contributed by atoms with Crippen molar-refractivity contribution in [3.63, 3.8) is 0 Å². The van der Waals surface area contributed by atoms with Crippen LogP contribution in [0.5, 0.6) is 0 Å². The Morgan fingerprint density at radius 2 is 1.80 bits per heavy atom. The predicted octanol–water partition coefficient (Wildman–Crippen LogP) is -2.09. The first-order chi connectivity index (χ1) is 2.41. The minimum absolute atomic E-state index is 1.31. The molecule has 0 unspecified atom stereocenters. The molecule has 4 heteroatoms. The summed E-state index contributed by atoms with van der Waals surface area (Å²) in [5.41, 5.74) is 0. The summed E-state index contributed by atoms with van der Waals surface area (Å²) in [6, 6.07) is 0. The summed E-state index contributed by atoms with van der Waals surface area (Å²) in [6.45, 7) is 0. The predicted molar refractivity (Wildman–Crippen MR) is 24.1 cm³/mol. The van der Waals surface area contributed by atoms with E-state index < -0.39 is 0 Å². The van der Waals surface area contributed by atoms with Crippen LogP contribution in [-0.2, 0) is 20.4 Å². The number of nitrogens with zero attached hydrogens (tertiary/aromatic N) is 1. The number of rotatable bonds is 0. The van der Waals surface area contributed by atoms with E-state index in [0.29, 0.717) is 0 Å². The molecule has 5 heavy (non-hydrogen) atoms. The molecule has 0 amide bonds. The van der Waals surface area contributed by atoms with E-state index in [1.54, 1.807) is 4.37 Å². The molecule has 0 spiro atoms. The maximum absolute atomic E-state index is 7.32. The number of hydrogen-bond donors (Lipinski definition) is 0. The summed E-state index contributed by atoms with van der Waals surface area (Å²) in [6.07, 6.45) is 0. The van der Waals surface area contributed by atoms with Gasteiger partial charge in [-0.25, -0.2) is 0 Å². The first kappa shape index (κ1) is 9.08. The summed E-state index contributed by atoms with van der Waals surface area (Å²) in [5, 5.41) is 7.32. The van der Waals surface area contributed by atoms with Crippen molar-refractivity contribution in [2.45, 2.75) is 0 Å². The van der Waals surface area contributed by atoms with Gasteiger partial charge in [-0.1, -0.05) is 0 Å². The van der Waals surface area contributed by atoms with Gasteiger partial charge in [0.25, 0.3) is 0 Å². The topological polar surface area (TPSA) is 23.8 Å². The Morgan fingerprint density at radius 3 is 1.80 bits per heavy atom. The van der Waals surface area contributed by atoms with E-state index in [1.165, 1.54) is 30.5 Å². The van der Waals surface area contributed by atoms with Crippen LogP contribution in [-0.4, -0.2) is 17.6 Å². The second-order valence-corrected chi connectivity index (χ2v) is 0.461. The van der Waals surface area contributed by atoms with Crippen molar-refractivity contribution in [2.24, 2.45) is 0 Å². The fraction of sp³-hybridized carbons (Fsp3) is 0. The van der Waals surface area contributed by atoms with Crippen molar-refractivity contribution < 1.29 is 20.4 Å². The normalized spacial score (nSPS) is 2.80. The SMILES string of the molecule is B[SiH3].N#[C][Ti]. The molecule has 0 atom stereocenters. The van der Waals surface area contributed by atoms with Gasteiger partial charge in [0.2, 0.25) is 0 Å². The van der Waals surface area contributed by atoms with Crippen molar-refractivity contribution in [3.8, 4) is 4.37 Å². The van der Waals surface area contributed by atoms with Crippen molar-refractivity contribution in [3.05, 3.63) is 0 Å². The van der Waals surface area contributed by atoms with E-state index in [1.807, 2.05) is 0 Å². The minimum atomic E-state index is 1.31. The molecule has 0 aliphatic carbocycles. The maximum atomic E-state index is 7.32.